The van der Waals surface area contributed by atoms with Crippen LogP contribution in [0.15, 0.2) is 0 Å². The molecule has 0 heterocycles. The minimum absolute atomic E-state index is 0.0521. The summed E-state index contributed by atoms with van der Waals surface area (Å²) in [6, 6.07) is 0. The van der Waals surface area contributed by atoms with Crippen molar-refractivity contribution in [3.63, 3.8) is 0 Å². The normalized spacial score (nSPS) is 11.8. The fourth-order valence-electron chi connectivity index (χ4n) is 0.210. The molecule has 0 saturated carbocycles. The lowest BCUT2D eigenvalue weighted by Gasteiger charge is -1.92. The van der Waals surface area contributed by atoms with Crippen molar-refractivity contribution < 1.29 is 13.2 Å². The van der Waals surface area contributed by atoms with Crippen LogP contribution in [-0.4, -0.2) is 27.0 Å². The summed E-state index contributed by atoms with van der Waals surface area (Å²) in [5.41, 5.74) is 0. The van der Waals surface area contributed by atoms with E-state index in [-0.39, 0.29) is 12.4 Å². The largest absolute Gasteiger partial charge is 0.378 e. The molecule has 0 amide bonds. The molecule has 0 unspecified atom stereocenters. The maximum Gasteiger partial charge on any atom is 0.149 e. The predicted molar refractivity (Wildman–Crippen MR) is 31.0 cm³/mol. The molecule has 0 aromatic carbocycles. The van der Waals surface area contributed by atoms with Crippen LogP contribution in [0.1, 0.15) is 0 Å². The van der Waals surface area contributed by atoms with E-state index in [0.717, 1.165) is 6.26 Å². The Morgan fingerprint density at radius 1 is 1.62 bits per heavy atom. The van der Waals surface area contributed by atoms with E-state index in [1.807, 2.05) is 0 Å². The van der Waals surface area contributed by atoms with Crippen molar-refractivity contribution in [2.75, 3.05) is 18.6 Å². The molecule has 49 valence electrons. The van der Waals surface area contributed by atoms with Crippen molar-refractivity contribution >= 4 is 9.84 Å². The van der Waals surface area contributed by atoms with Crippen molar-refractivity contribution in [3.8, 4) is 0 Å². The molecular formula is C4H9O3S. The van der Waals surface area contributed by atoms with Crippen LogP contribution in [0.3, 0.4) is 0 Å². The minimum atomic E-state index is -2.85. The highest BCUT2D eigenvalue weighted by atomic mass is 32.2. The first kappa shape index (κ1) is 7.91. The summed E-state index contributed by atoms with van der Waals surface area (Å²) in [7, 11) is 0.173. The Labute approximate surface area is 49.6 Å². The fraction of sp³-hybridized carbons (Fsp3) is 0.750. The molecule has 0 fully saturated rings. The lowest BCUT2D eigenvalue weighted by molar-refractivity contribution is 0.263. The van der Waals surface area contributed by atoms with E-state index >= 15 is 0 Å². The summed E-state index contributed by atoms with van der Waals surface area (Å²) in [5.74, 6) is 0.0521. The molecule has 0 bridgehead atoms. The van der Waals surface area contributed by atoms with Gasteiger partial charge >= 0.3 is 0 Å². The second-order valence-electron chi connectivity index (χ2n) is 1.54. The molecule has 0 aliphatic rings. The molecule has 3 nitrogen and oxygen atoms in total. The van der Waals surface area contributed by atoms with Crippen LogP contribution >= 0.6 is 0 Å². The van der Waals surface area contributed by atoms with Crippen LogP contribution < -0.4 is 0 Å². The van der Waals surface area contributed by atoms with Crippen molar-refractivity contribution in [3.05, 3.63) is 7.11 Å². The predicted octanol–water partition coefficient (Wildman–Crippen LogP) is -0.161. The molecule has 0 aliphatic heterocycles. The molecule has 1 radical (unpaired) electrons. The standard InChI is InChI=1S/C4H9O3S/c1-7-3-4-8(2,5)6/h1,3-4H2,2H3. The average molecular weight is 137 g/mol. The zero-order valence-corrected chi connectivity index (χ0v) is 5.57. The van der Waals surface area contributed by atoms with E-state index in [4.69, 9.17) is 0 Å². The van der Waals surface area contributed by atoms with Gasteiger partial charge in [-0.1, -0.05) is 0 Å². The first-order chi connectivity index (χ1) is 3.56. The van der Waals surface area contributed by atoms with Gasteiger partial charge in [0, 0.05) is 6.26 Å². The lowest BCUT2D eigenvalue weighted by atomic mass is 10.9. The first-order valence-electron chi connectivity index (χ1n) is 2.11. The Hall–Kier alpha value is -0.0900. The van der Waals surface area contributed by atoms with Crippen molar-refractivity contribution in [2.24, 2.45) is 0 Å². The Balaban J connectivity index is 3.42. The van der Waals surface area contributed by atoms with E-state index in [1.165, 1.54) is 0 Å². The van der Waals surface area contributed by atoms with Crippen molar-refractivity contribution in [2.45, 2.75) is 0 Å². The summed E-state index contributed by atoms with van der Waals surface area (Å²) < 4.78 is 24.9. The Morgan fingerprint density at radius 3 is 2.25 bits per heavy atom. The zero-order valence-electron chi connectivity index (χ0n) is 4.75. The van der Waals surface area contributed by atoms with Crippen molar-refractivity contribution in [1.29, 1.82) is 0 Å². The van der Waals surface area contributed by atoms with Gasteiger partial charge in [-0.3, -0.25) is 0 Å². The SMILES string of the molecule is [CH2]OCCS(C)(=O)=O. The Bertz CT molecular complexity index is 135. The molecule has 8 heavy (non-hydrogen) atoms. The van der Waals surface area contributed by atoms with Gasteiger partial charge in [0.05, 0.1) is 19.5 Å². The second kappa shape index (κ2) is 3.04. The molecule has 0 saturated heterocycles. The summed E-state index contributed by atoms with van der Waals surface area (Å²) in [6.45, 7) is 0.179. The highest BCUT2D eigenvalue weighted by Gasteiger charge is 1.98. The Kier molecular flexibility index (Phi) is 3.01. The number of hydrogen-bond acceptors (Lipinski definition) is 3. The van der Waals surface area contributed by atoms with Gasteiger partial charge in [0.2, 0.25) is 0 Å². The maximum atomic E-state index is 10.3. The average Bonchev–Trinajstić information content (AvgIpc) is 1.59. The molecule has 0 aliphatic carbocycles. The summed E-state index contributed by atoms with van der Waals surface area (Å²) in [4.78, 5) is 0. The van der Waals surface area contributed by atoms with E-state index in [1.54, 1.807) is 0 Å². The summed E-state index contributed by atoms with van der Waals surface area (Å²) in [5, 5.41) is 0. The number of ether oxygens (including phenoxy) is 1. The fourth-order valence-corrected chi connectivity index (χ4v) is 0.631. The maximum absolute atomic E-state index is 10.3. The quantitative estimate of drug-likeness (QED) is 0.543. The molecule has 4 heteroatoms. The van der Waals surface area contributed by atoms with Crippen LogP contribution in [0.2, 0.25) is 0 Å². The van der Waals surface area contributed by atoms with Gasteiger partial charge in [-0.05, 0) is 0 Å². The van der Waals surface area contributed by atoms with Gasteiger partial charge in [-0.25, -0.2) is 8.42 Å². The molecule has 0 N–H and O–H groups in total. The van der Waals surface area contributed by atoms with Gasteiger partial charge in [0.15, 0.2) is 0 Å². The van der Waals surface area contributed by atoms with Gasteiger partial charge in [-0.2, -0.15) is 0 Å². The van der Waals surface area contributed by atoms with Crippen LogP contribution in [0.25, 0.3) is 0 Å². The highest BCUT2D eigenvalue weighted by molar-refractivity contribution is 7.90. The molecule has 0 rings (SSSR count). The van der Waals surface area contributed by atoms with Gasteiger partial charge < -0.3 is 4.74 Å². The van der Waals surface area contributed by atoms with Crippen molar-refractivity contribution in [1.82, 2.24) is 0 Å². The van der Waals surface area contributed by atoms with E-state index in [9.17, 15) is 8.42 Å². The van der Waals surface area contributed by atoms with E-state index < -0.39 is 9.84 Å². The van der Waals surface area contributed by atoms with E-state index in [2.05, 4.69) is 11.8 Å². The molecule has 0 spiro atoms. The number of sulfone groups is 1. The monoisotopic (exact) mass is 137 g/mol. The van der Waals surface area contributed by atoms with Gasteiger partial charge in [-0.15, -0.1) is 0 Å². The third kappa shape index (κ3) is 5.91. The molecule has 0 aromatic rings. The van der Waals surface area contributed by atoms with Crippen LogP contribution in [0, 0.1) is 7.11 Å². The highest BCUT2D eigenvalue weighted by Crippen LogP contribution is 1.81. The lowest BCUT2D eigenvalue weighted by Crippen LogP contribution is -2.07. The van der Waals surface area contributed by atoms with Gasteiger partial charge in [0.25, 0.3) is 0 Å². The third-order valence-corrected chi connectivity index (χ3v) is 1.51. The first-order valence-corrected chi connectivity index (χ1v) is 4.17. The third-order valence-electron chi connectivity index (χ3n) is 0.598. The summed E-state index contributed by atoms with van der Waals surface area (Å²) in [6.07, 6.45) is 1.16. The van der Waals surface area contributed by atoms with Gasteiger partial charge in [0.1, 0.15) is 9.84 Å². The molecular weight excluding hydrogens is 128 g/mol. The van der Waals surface area contributed by atoms with Crippen LogP contribution in [-0.2, 0) is 14.6 Å². The smallest absolute Gasteiger partial charge is 0.149 e. The van der Waals surface area contributed by atoms with Crippen LogP contribution in [0.4, 0.5) is 0 Å². The second-order valence-corrected chi connectivity index (χ2v) is 3.80. The van der Waals surface area contributed by atoms with E-state index in [0.29, 0.717) is 0 Å². The topological polar surface area (TPSA) is 43.4 Å². The number of hydrogen-bond donors (Lipinski definition) is 0. The minimum Gasteiger partial charge on any atom is -0.378 e. The number of rotatable bonds is 3. The zero-order chi connectivity index (χ0) is 6.62. The Morgan fingerprint density at radius 2 is 2.12 bits per heavy atom. The molecule has 0 atom stereocenters. The molecule has 0 aromatic heterocycles. The summed E-state index contributed by atoms with van der Waals surface area (Å²) >= 11 is 0. The van der Waals surface area contributed by atoms with Crippen LogP contribution in [0.5, 0.6) is 0 Å².